The highest BCUT2D eigenvalue weighted by Crippen LogP contribution is 2.26. The van der Waals surface area contributed by atoms with Crippen LogP contribution in [0.2, 0.25) is 0 Å². The summed E-state index contributed by atoms with van der Waals surface area (Å²) in [6.07, 6.45) is 10.2. The van der Waals surface area contributed by atoms with Crippen molar-refractivity contribution in [2.45, 2.75) is 38.9 Å². The predicted molar refractivity (Wildman–Crippen MR) is 115 cm³/mol. The second kappa shape index (κ2) is 11.2. The molecular weight excluding hydrogens is 376 g/mol. The average molecular weight is 398 g/mol. The minimum atomic E-state index is -0.580. The van der Waals surface area contributed by atoms with Crippen molar-refractivity contribution in [3.8, 4) is 36.5 Å². The van der Waals surface area contributed by atoms with Gasteiger partial charge < -0.3 is 9.47 Å². The van der Waals surface area contributed by atoms with E-state index in [4.69, 9.17) is 22.3 Å². The molecule has 2 aromatic rings. The Morgan fingerprint density at radius 3 is 1.47 bits per heavy atom. The molecule has 0 fully saturated rings. The number of carbonyl (C=O) groups is 2. The fraction of sp³-hybridized carbons (Fsp3) is 0.231. The summed E-state index contributed by atoms with van der Waals surface area (Å²) in [5.74, 6) is 10.5. The molecule has 0 amide bonds. The highest BCUT2D eigenvalue weighted by molar-refractivity contribution is 5.67. The third-order valence-corrected chi connectivity index (χ3v) is 4.17. The van der Waals surface area contributed by atoms with E-state index in [0.717, 1.165) is 11.1 Å². The Balaban J connectivity index is 2.47. The number of rotatable bonds is 6. The van der Waals surface area contributed by atoms with E-state index in [1.807, 2.05) is 48.5 Å². The van der Waals surface area contributed by atoms with Crippen molar-refractivity contribution < 1.29 is 19.1 Å². The predicted octanol–water partition coefficient (Wildman–Crippen LogP) is 4.34. The van der Waals surface area contributed by atoms with Gasteiger partial charge in [-0.2, -0.15) is 0 Å². The Morgan fingerprint density at radius 1 is 0.767 bits per heavy atom. The highest BCUT2D eigenvalue weighted by Gasteiger charge is 2.18. The molecule has 2 rings (SSSR count). The zero-order chi connectivity index (χ0) is 21.9. The Kier molecular flexibility index (Phi) is 8.31. The maximum absolute atomic E-state index is 11.5. The number of benzene rings is 2. The van der Waals surface area contributed by atoms with Gasteiger partial charge in [-0.3, -0.25) is 9.59 Å². The lowest BCUT2D eigenvalue weighted by atomic mass is 9.98. The molecule has 0 N–H and O–H groups in total. The lowest BCUT2D eigenvalue weighted by Gasteiger charge is -2.17. The van der Waals surface area contributed by atoms with Crippen molar-refractivity contribution in [2.24, 2.45) is 0 Å². The average Bonchev–Trinajstić information content (AvgIpc) is 2.71. The second-order valence-electron chi connectivity index (χ2n) is 6.44. The van der Waals surface area contributed by atoms with Gasteiger partial charge in [0.05, 0.1) is 12.8 Å². The summed E-state index contributed by atoms with van der Waals surface area (Å²) in [6, 6.07) is 14.7. The molecule has 2 atom stereocenters. The maximum Gasteiger partial charge on any atom is 0.303 e. The lowest BCUT2D eigenvalue weighted by molar-refractivity contribution is -0.147. The van der Waals surface area contributed by atoms with E-state index in [-0.39, 0.29) is 12.8 Å². The first kappa shape index (κ1) is 22.4. The summed E-state index contributed by atoms with van der Waals surface area (Å²) < 4.78 is 10.8. The van der Waals surface area contributed by atoms with Crippen molar-refractivity contribution in [1.29, 1.82) is 0 Å². The van der Waals surface area contributed by atoms with Crippen LogP contribution < -0.4 is 0 Å². The molecule has 150 valence electrons. The van der Waals surface area contributed by atoms with Gasteiger partial charge in [-0.05, 0) is 12.1 Å². The van der Waals surface area contributed by atoms with Gasteiger partial charge in [-0.1, -0.05) is 48.2 Å². The first-order valence-electron chi connectivity index (χ1n) is 9.37. The van der Waals surface area contributed by atoms with Crippen molar-refractivity contribution in [3.63, 3.8) is 0 Å². The molecule has 0 spiro atoms. The normalized spacial score (nSPS) is 11.6. The lowest BCUT2D eigenvalue weighted by Crippen LogP contribution is -2.10. The van der Waals surface area contributed by atoms with Crippen LogP contribution >= 0.6 is 0 Å². The summed E-state index contributed by atoms with van der Waals surface area (Å²) in [6.45, 7) is 2.68. The summed E-state index contributed by atoms with van der Waals surface area (Å²) in [5, 5.41) is 0. The molecule has 4 nitrogen and oxygen atoms in total. The number of ether oxygens (including phenoxy) is 2. The molecule has 0 heterocycles. The fourth-order valence-corrected chi connectivity index (χ4v) is 2.96. The van der Waals surface area contributed by atoms with Crippen molar-refractivity contribution in [2.75, 3.05) is 0 Å². The zero-order valence-corrected chi connectivity index (χ0v) is 17.0. The molecule has 0 aliphatic rings. The Hall–Kier alpha value is -3.94. The highest BCUT2D eigenvalue weighted by atomic mass is 16.5. The Bertz CT molecular complexity index is 973. The van der Waals surface area contributed by atoms with Crippen LogP contribution in [0.3, 0.4) is 0 Å². The molecule has 0 aromatic heterocycles. The summed E-state index contributed by atoms with van der Waals surface area (Å²) in [4.78, 5) is 23.0. The quantitative estimate of drug-likeness (QED) is 0.537. The van der Waals surface area contributed by atoms with Crippen LogP contribution in [-0.4, -0.2) is 11.9 Å². The Labute approximate surface area is 177 Å². The number of hydrogen-bond acceptors (Lipinski definition) is 4. The van der Waals surface area contributed by atoms with Gasteiger partial charge in [0.1, 0.15) is 12.2 Å². The first-order chi connectivity index (χ1) is 14.5. The van der Waals surface area contributed by atoms with E-state index in [2.05, 4.69) is 23.7 Å². The summed E-state index contributed by atoms with van der Waals surface area (Å²) in [5.41, 5.74) is 2.84. The van der Waals surface area contributed by atoms with Gasteiger partial charge in [0.25, 0.3) is 0 Å². The molecule has 0 saturated carbocycles. The van der Waals surface area contributed by atoms with E-state index in [9.17, 15) is 9.59 Å². The van der Waals surface area contributed by atoms with Crippen LogP contribution in [-0.2, 0) is 19.1 Å². The molecule has 30 heavy (non-hydrogen) atoms. The van der Waals surface area contributed by atoms with Gasteiger partial charge in [0.2, 0.25) is 0 Å². The molecule has 0 radical (unpaired) electrons. The van der Waals surface area contributed by atoms with Crippen LogP contribution in [0.15, 0.2) is 48.5 Å². The second-order valence-corrected chi connectivity index (χ2v) is 6.44. The third-order valence-electron chi connectivity index (χ3n) is 4.17. The first-order valence-corrected chi connectivity index (χ1v) is 9.37. The monoisotopic (exact) mass is 398 g/mol. The number of terminal acetylenes is 2. The minimum absolute atomic E-state index is 0.242. The summed E-state index contributed by atoms with van der Waals surface area (Å²) >= 11 is 0. The molecule has 4 heteroatoms. The standard InChI is InChI=1S/C26H22O4/c1-5-11-25(29-19(3)27)23-15-9-7-13-21(23)17-18-22-14-8-10-16-24(22)26(12-6-2)30-20(4)28/h1-2,7-10,13-16,25-26H,11-12H2,3-4H3. The van der Waals surface area contributed by atoms with E-state index in [1.54, 1.807) is 0 Å². The topological polar surface area (TPSA) is 52.6 Å². The largest absolute Gasteiger partial charge is 0.457 e. The molecule has 0 aliphatic heterocycles. The summed E-state index contributed by atoms with van der Waals surface area (Å²) in [7, 11) is 0. The van der Waals surface area contributed by atoms with Crippen molar-refractivity contribution in [3.05, 3.63) is 70.8 Å². The fourth-order valence-electron chi connectivity index (χ4n) is 2.96. The number of esters is 2. The number of carbonyl (C=O) groups excluding carboxylic acids is 2. The van der Waals surface area contributed by atoms with Gasteiger partial charge in [-0.15, -0.1) is 24.7 Å². The Morgan fingerprint density at radius 2 is 1.13 bits per heavy atom. The molecule has 2 unspecified atom stereocenters. The van der Waals surface area contributed by atoms with Gasteiger partial charge >= 0.3 is 11.9 Å². The van der Waals surface area contributed by atoms with Gasteiger partial charge in [-0.25, -0.2) is 0 Å². The van der Waals surface area contributed by atoms with Crippen LogP contribution in [0, 0.1) is 36.5 Å². The zero-order valence-electron chi connectivity index (χ0n) is 17.0. The van der Waals surface area contributed by atoms with Crippen LogP contribution in [0.4, 0.5) is 0 Å². The SMILES string of the molecule is C#CCC(OC(C)=O)c1ccccc1C#Cc1ccccc1C(CC#C)OC(C)=O. The minimum Gasteiger partial charge on any atom is -0.457 e. The maximum atomic E-state index is 11.5. The van der Waals surface area contributed by atoms with Crippen molar-refractivity contribution >= 4 is 11.9 Å². The van der Waals surface area contributed by atoms with Gasteiger partial charge in [0, 0.05) is 36.1 Å². The van der Waals surface area contributed by atoms with E-state index in [1.165, 1.54) is 13.8 Å². The smallest absolute Gasteiger partial charge is 0.303 e. The molecule has 0 saturated heterocycles. The molecule has 0 aliphatic carbocycles. The van der Waals surface area contributed by atoms with Gasteiger partial charge in [0.15, 0.2) is 0 Å². The van der Waals surface area contributed by atoms with E-state index >= 15 is 0 Å². The van der Waals surface area contributed by atoms with Crippen LogP contribution in [0.25, 0.3) is 0 Å². The van der Waals surface area contributed by atoms with E-state index < -0.39 is 24.1 Å². The van der Waals surface area contributed by atoms with Crippen molar-refractivity contribution in [1.82, 2.24) is 0 Å². The molecule has 0 bridgehead atoms. The third kappa shape index (κ3) is 6.30. The van der Waals surface area contributed by atoms with Crippen LogP contribution in [0.5, 0.6) is 0 Å². The number of hydrogen-bond donors (Lipinski definition) is 0. The molecule has 2 aromatic carbocycles. The van der Waals surface area contributed by atoms with Crippen LogP contribution in [0.1, 0.15) is 61.2 Å². The molecular formula is C26H22O4. The van der Waals surface area contributed by atoms with E-state index in [0.29, 0.717) is 11.1 Å².